The van der Waals surface area contributed by atoms with Gasteiger partial charge in [-0.05, 0) is 61.9 Å². The summed E-state index contributed by atoms with van der Waals surface area (Å²) in [5, 5.41) is 3.61. The van der Waals surface area contributed by atoms with E-state index in [-0.39, 0.29) is 29.9 Å². The topological polar surface area (TPSA) is 73.2 Å². The number of alkyl halides is 3. The number of carbonyl (C=O) groups is 2. The first-order valence-corrected chi connectivity index (χ1v) is 11.7. The van der Waals surface area contributed by atoms with Crippen LogP contribution in [0.3, 0.4) is 0 Å². The second-order valence-electron chi connectivity index (χ2n) is 8.82. The van der Waals surface area contributed by atoms with Crippen LogP contribution in [0.15, 0.2) is 42.7 Å². The first-order valence-electron chi connectivity index (χ1n) is 11.3. The fourth-order valence-corrected chi connectivity index (χ4v) is 4.71. The maximum atomic E-state index is 13.6. The normalized spacial score (nSPS) is 18.4. The minimum absolute atomic E-state index is 0.0444. The molecular formula is C25H25ClF3N3O3. The van der Waals surface area contributed by atoms with Crippen molar-refractivity contribution in [3.8, 4) is 0 Å². The number of carbonyl (C=O) groups excluding carboxylic acids is 2. The Morgan fingerprint density at radius 1 is 1.17 bits per heavy atom. The molecule has 0 atom stereocenters. The lowest BCUT2D eigenvalue weighted by Gasteiger charge is -2.27. The van der Waals surface area contributed by atoms with Gasteiger partial charge in [0.1, 0.15) is 0 Å². The highest BCUT2D eigenvalue weighted by Crippen LogP contribution is 2.34. The van der Waals surface area contributed by atoms with Crippen molar-refractivity contribution in [3.05, 3.63) is 64.6 Å². The molecule has 35 heavy (non-hydrogen) atoms. The predicted octanol–water partition coefficient (Wildman–Crippen LogP) is 5.47. The van der Waals surface area contributed by atoms with Gasteiger partial charge in [0.15, 0.2) is 0 Å². The number of pyridine rings is 1. The molecule has 10 heteroatoms. The number of esters is 1. The summed E-state index contributed by atoms with van der Waals surface area (Å²) in [6.07, 6.45) is 1.34. The number of nitrogens with one attached hydrogen (secondary N) is 1. The van der Waals surface area contributed by atoms with Gasteiger partial charge in [-0.25, -0.2) is 0 Å². The Morgan fingerprint density at radius 3 is 2.54 bits per heavy atom. The van der Waals surface area contributed by atoms with E-state index in [0.29, 0.717) is 41.0 Å². The number of hydrogen-bond donors (Lipinski definition) is 1. The highest BCUT2D eigenvalue weighted by molar-refractivity contribution is 6.30. The predicted molar refractivity (Wildman–Crippen MR) is 125 cm³/mol. The molecule has 3 aromatic rings. The molecule has 6 nitrogen and oxygen atoms in total. The minimum Gasteiger partial charge on any atom is -0.469 e. The van der Waals surface area contributed by atoms with E-state index in [0.717, 1.165) is 25.0 Å². The molecule has 1 saturated carbocycles. The number of amides is 1. The first kappa shape index (κ1) is 25.0. The van der Waals surface area contributed by atoms with Crippen LogP contribution in [-0.4, -0.2) is 35.1 Å². The Bertz CT molecular complexity index is 1220. The van der Waals surface area contributed by atoms with Crippen molar-refractivity contribution in [2.75, 3.05) is 13.7 Å². The molecule has 0 bridgehead atoms. The molecule has 1 aliphatic carbocycles. The van der Waals surface area contributed by atoms with Gasteiger partial charge in [-0.15, -0.1) is 0 Å². The SMILES string of the molecule is COC(=O)[C@H]1CC[C@H](CNC(=O)c2cc(C(F)(F)F)cc3ccn(Cc4ccc(Cl)cn4)c23)CC1. The van der Waals surface area contributed by atoms with Crippen LogP contribution in [0, 0.1) is 11.8 Å². The first-order chi connectivity index (χ1) is 16.7. The summed E-state index contributed by atoms with van der Waals surface area (Å²) in [5.41, 5.74) is 0.135. The van der Waals surface area contributed by atoms with Crippen LogP contribution in [0.4, 0.5) is 13.2 Å². The number of methoxy groups -OCH3 is 1. The van der Waals surface area contributed by atoms with E-state index in [9.17, 15) is 22.8 Å². The van der Waals surface area contributed by atoms with E-state index < -0.39 is 17.6 Å². The van der Waals surface area contributed by atoms with Crippen LogP contribution in [0.25, 0.3) is 10.9 Å². The number of ether oxygens (including phenoxy) is 1. The standard InChI is InChI=1S/C25H25ClF3N3O3/c1-35-24(34)16-4-2-15(3-5-16)12-31-23(33)21-11-18(25(27,28)29)10-17-8-9-32(22(17)21)14-20-7-6-19(26)13-30-20/h6-11,13,15-16H,2-5,12,14H2,1H3,(H,31,33)/t15-,16-. The number of fused-ring (bicyclic) bond motifs is 1. The van der Waals surface area contributed by atoms with Crippen molar-refractivity contribution in [1.82, 2.24) is 14.9 Å². The summed E-state index contributed by atoms with van der Waals surface area (Å²) in [7, 11) is 1.36. The number of nitrogens with zero attached hydrogens (tertiary/aromatic N) is 2. The summed E-state index contributed by atoms with van der Waals surface area (Å²) in [6.45, 7) is 0.591. The largest absolute Gasteiger partial charge is 0.469 e. The third kappa shape index (κ3) is 5.78. The molecule has 2 heterocycles. The molecular weight excluding hydrogens is 483 g/mol. The van der Waals surface area contributed by atoms with Crippen molar-refractivity contribution in [3.63, 3.8) is 0 Å². The molecule has 0 saturated heterocycles. The van der Waals surface area contributed by atoms with Crippen LogP contribution in [0.2, 0.25) is 5.02 Å². The fourth-order valence-electron chi connectivity index (χ4n) is 4.59. The van der Waals surface area contributed by atoms with Crippen LogP contribution < -0.4 is 5.32 Å². The Labute approximate surface area is 205 Å². The maximum Gasteiger partial charge on any atom is 0.416 e. The van der Waals surface area contributed by atoms with Crippen LogP contribution >= 0.6 is 11.6 Å². The molecule has 1 aromatic carbocycles. The van der Waals surface area contributed by atoms with E-state index in [4.69, 9.17) is 16.3 Å². The number of hydrogen-bond acceptors (Lipinski definition) is 4. The van der Waals surface area contributed by atoms with Gasteiger partial charge >= 0.3 is 12.1 Å². The molecule has 1 fully saturated rings. The number of benzene rings is 1. The maximum absolute atomic E-state index is 13.6. The summed E-state index contributed by atoms with van der Waals surface area (Å²) in [6, 6.07) is 6.91. The molecule has 4 rings (SSSR count). The van der Waals surface area contributed by atoms with Crippen LogP contribution in [-0.2, 0) is 22.3 Å². The quantitative estimate of drug-likeness (QED) is 0.449. The molecule has 2 aromatic heterocycles. The van der Waals surface area contributed by atoms with Crippen molar-refractivity contribution >= 4 is 34.4 Å². The summed E-state index contributed by atoms with van der Waals surface area (Å²) >= 11 is 5.89. The lowest BCUT2D eigenvalue weighted by Crippen LogP contribution is -2.33. The van der Waals surface area contributed by atoms with Gasteiger partial charge in [0, 0.05) is 24.3 Å². The van der Waals surface area contributed by atoms with Gasteiger partial charge in [-0.1, -0.05) is 11.6 Å². The Balaban J connectivity index is 1.57. The van der Waals surface area contributed by atoms with Gasteiger partial charge in [-0.2, -0.15) is 13.2 Å². The van der Waals surface area contributed by atoms with Gasteiger partial charge < -0.3 is 14.6 Å². The monoisotopic (exact) mass is 507 g/mol. The zero-order valence-electron chi connectivity index (χ0n) is 19.1. The zero-order valence-corrected chi connectivity index (χ0v) is 19.8. The van der Waals surface area contributed by atoms with Crippen molar-refractivity contribution in [1.29, 1.82) is 0 Å². The van der Waals surface area contributed by atoms with E-state index in [1.165, 1.54) is 13.3 Å². The van der Waals surface area contributed by atoms with E-state index >= 15 is 0 Å². The Morgan fingerprint density at radius 2 is 1.91 bits per heavy atom. The molecule has 1 N–H and O–H groups in total. The molecule has 0 radical (unpaired) electrons. The highest BCUT2D eigenvalue weighted by atomic mass is 35.5. The average molecular weight is 508 g/mol. The van der Waals surface area contributed by atoms with E-state index in [2.05, 4.69) is 10.3 Å². The van der Waals surface area contributed by atoms with E-state index in [1.807, 2.05) is 0 Å². The number of rotatable bonds is 6. The van der Waals surface area contributed by atoms with Gasteiger partial charge in [-0.3, -0.25) is 14.6 Å². The van der Waals surface area contributed by atoms with Crippen molar-refractivity contribution in [2.24, 2.45) is 11.8 Å². The number of aromatic nitrogens is 2. The number of halogens is 4. The third-order valence-electron chi connectivity index (χ3n) is 6.49. The fraction of sp³-hybridized carbons (Fsp3) is 0.400. The van der Waals surface area contributed by atoms with Crippen molar-refractivity contribution in [2.45, 2.75) is 38.4 Å². The molecule has 0 aliphatic heterocycles. The summed E-state index contributed by atoms with van der Waals surface area (Å²) in [4.78, 5) is 29.1. The highest BCUT2D eigenvalue weighted by Gasteiger charge is 2.33. The van der Waals surface area contributed by atoms with Gasteiger partial charge in [0.25, 0.3) is 5.91 Å². The molecule has 1 aliphatic rings. The summed E-state index contributed by atoms with van der Waals surface area (Å²) < 4.78 is 47.2. The molecule has 186 valence electrons. The zero-order chi connectivity index (χ0) is 25.2. The lowest BCUT2D eigenvalue weighted by molar-refractivity contribution is -0.146. The third-order valence-corrected chi connectivity index (χ3v) is 6.71. The van der Waals surface area contributed by atoms with Gasteiger partial charge in [0.2, 0.25) is 0 Å². The lowest BCUT2D eigenvalue weighted by atomic mass is 9.82. The minimum atomic E-state index is -4.59. The smallest absolute Gasteiger partial charge is 0.416 e. The second kappa shape index (κ2) is 10.3. The second-order valence-corrected chi connectivity index (χ2v) is 9.26. The average Bonchev–Trinajstić information content (AvgIpc) is 3.25. The molecule has 1 amide bonds. The molecule has 0 spiro atoms. The van der Waals surface area contributed by atoms with Crippen LogP contribution in [0.1, 0.15) is 47.3 Å². The van der Waals surface area contributed by atoms with E-state index in [1.54, 1.807) is 29.0 Å². The molecule has 0 unspecified atom stereocenters. The van der Waals surface area contributed by atoms with Crippen LogP contribution in [0.5, 0.6) is 0 Å². The van der Waals surface area contributed by atoms with Crippen molar-refractivity contribution < 1.29 is 27.5 Å². The Hall–Kier alpha value is -3.07. The Kier molecular flexibility index (Phi) is 7.35. The van der Waals surface area contributed by atoms with Gasteiger partial charge in [0.05, 0.1) is 46.9 Å². The summed E-state index contributed by atoms with van der Waals surface area (Å²) in [5.74, 6) is -0.791.